The normalized spacial score (nSPS) is 25.2. The Morgan fingerprint density at radius 2 is 1.88 bits per heavy atom. The Balaban J connectivity index is 2.31. The van der Waals surface area contributed by atoms with Crippen molar-refractivity contribution in [2.75, 3.05) is 0 Å². The Kier molecular flexibility index (Phi) is 2.28. The SMILES string of the molecule is [2H]C([2H])([2H])c1ncc(B2OC(C)(C)C(C)(C)O2)cc1Br. The monoisotopic (exact) mass is 300 g/mol. The van der Waals surface area contributed by atoms with Crippen LogP contribution in [0, 0.1) is 6.85 Å². The van der Waals surface area contributed by atoms with Crippen LogP contribution in [0.25, 0.3) is 0 Å². The fraction of sp³-hybridized carbons (Fsp3) is 0.583. The van der Waals surface area contributed by atoms with E-state index in [1.54, 1.807) is 6.07 Å². The molecular formula is C12H17BBrNO2. The van der Waals surface area contributed by atoms with E-state index in [4.69, 9.17) is 13.4 Å². The Morgan fingerprint density at radius 1 is 1.29 bits per heavy atom. The Hall–Kier alpha value is -0.385. The zero-order valence-corrected chi connectivity index (χ0v) is 12.0. The lowest BCUT2D eigenvalue weighted by molar-refractivity contribution is 0.00578. The average Bonchev–Trinajstić information content (AvgIpc) is 2.46. The minimum absolute atomic E-state index is 0.0396. The highest BCUT2D eigenvalue weighted by Crippen LogP contribution is 2.36. The van der Waals surface area contributed by atoms with Crippen LogP contribution < -0.4 is 5.46 Å². The maximum atomic E-state index is 7.40. The molecule has 1 fully saturated rings. The van der Waals surface area contributed by atoms with Gasteiger partial charge in [0.05, 0.1) is 16.9 Å². The Labute approximate surface area is 115 Å². The summed E-state index contributed by atoms with van der Waals surface area (Å²) in [5.74, 6) is 0. The molecule has 0 aromatic carbocycles. The van der Waals surface area contributed by atoms with Crippen molar-refractivity contribution < 1.29 is 13.4 Å². The van der Waals surface area contributed by atoms with E-state index in [0.717, 1.165) is 0 Å². The van der Waals surface area contributed by atoms with Gasteiger partial charge in [0.25, 0.3) is 0 Å². The zero-order chi connectivity index (χ0) is 15.3. The van der Waals surface area contributed by atoms with E-state index in [0.29, 0.717) is 9.94 Å². The molecule has 92 valence electrons. The second kappa shape index (κ2) is 4.07. The van der Waals surface area contributed by atoms with Gasteiger partial charge in [-0.2, -0.15) is 0 Å². The van der Waals surface area contributed by atoms with Crippen LogP contribution in [-0.4, -0.2) is 23.3 Å². The summed E-state index contributed by atoms with van der Waals surface area (Å²) in [6.07, 6.45) is 1.49. The van der Waals surface area contributed by atoms with Gasteiger partial charge in [0, 0.05) is 20.2 Å². The number of hydrogen-bond acceptors (Lipinski definition) is 3. The molecule has 0 atom stereocenters. The van der Waals surface area contributed by atoms with Crippen molar-refractivity contribution in [1.29, 1.82) is 0 Å². The fourth-order valence-corrected chi connectivity index (χ4v) is 1.93. The van der Waals surface area contributed by atoms with Crippen molar-refractivity contribution in [3.8, 4) is 0 Å². The van der Waals surface area contributed by atoms with Crippen LogP contribution in [-0.2, 0) is 9.31 Å². The van der Waals surface area contributed by atoms with Crippen molar-refractivity contribution in [3.05, 3.63) is 22.4 Å². The number of aromatic nitrogens is 1. The summed E-state index contributed by atoms with van der Waals surface area (Å²) in [5.41, 5.74) is -0.138. The second-order valence-electron chi connectivity index (χ2n) is 5.19. The van der Waals surface area contributed by atoms with Gasteiger partial charge in [-0.15, -0.1) is 0 Å². The summed E-state index contributed by atoms with van der Waals surface area (Å²) >= 11 is 3.25. The maximum absolute atomic E-state index is 7.40. The Bertz CT molecular complexity index is 518. The van der Waals surface area contributed by atoms with Gasteiger partial charge in [-0.25, -0.2) is 0 Å². The molecule has 1 aliphatic rings. The number of pyridine rings is 1. The summed E-state index contributed by atoms with van der Waals surface area (Å²) in [4.78, 5) is 4.02. The molecule has 5 heteroatoms. The molecule has 0 amide bonds. The highest BCUT2D eigenvalue weighted by atomic mass is 79.9. The Morgan fingerprint density at radius 3 is 2.35 bits per heavy atom. The van der Waals surface area contributed by atoms with E-state index in [2.05, 4.69) is 20.9 Å². The van der Waals surface area contributed by atoms with E-state index in [9.17, 15) is 0 Å². The van der Waals surface area contributed by atoms with Gasteiger partial charge in [0.1, 0.15) is 0 Å². The molecular weight excluding hydrogens is 281 g/mol. The molecule has 0 saturated carbocycles. The molecule has 0 unspecified atom stereocenters. The standard InChI is InChI=1S/C12H17BBrNO2/c1-8-10(14)6-9(7-15-8)13-16-11(2,3)12(4,5)17-13/h6-7H,1-5H3/i1D3. The summed E-state index contributed by atoms with van der Waals surface area (Å²) in [7, 11) is -0.547. The molecule has 3 nitrogen and oxygen atoms in total. The van der Waals surface area contributed by atoms with Gasteiger partial charge in [-0.05, 0) is 56.5 Å². The first-order chi connectivity index (χ1) is 8.94. The molecule has 0 spiro atoms. The lowest BCUT2D eigenvalue weighted by Crippen LogP contribution is -2.41. The van der Waals surface area contributed by atoms with Gasteiger partial charge in [-0.1, -0.05) is 0 Å². The number of halogens is 1. The van der Waals surface area contributed by atoms with Crippen molar-refractivity contribution in [1.82, 2.24) is 4.98 Å². The quantitative estimate of drug-likeness (QED) is 0.747. The van der Waals surface area contributed by atoms with Gasteiger partial charge < -0.3 is 9.31 Å². The first-order valence-electron chi connectivity index (χ1n) is 6.96. The molecule has 0 bridgehead atoms. The van der Waals surface area contributed by atoms with Gasteiger partial charge in [0.15, 0.2) is 0 Å². The highest BCUT2D eigenvalue weighted by molar-refractivity contribution is 9.10. The number of rotatable bonds is 1. The lowest BCUT2D eigenvalue weighted by Gasteiger charge is -2.32. The second-order valence-corrected chi connectivity index (χ2v) is 6.04. The predicted molar refractivity (Wildman–Crippen MR) is 72.4 cm³/mol. The van der Waals surface area contributed by atoms with Gasteiger partial charge >= 0.3 is 7.12 Å². The van der Waals surface area contributed by atoms with Crippen molar-refractivity contribution in [3.63, 3.8) is 0 Å². The van der Waals surface area contributed by atoms with Crippen LogP contribution in [0.1, 0.15) is 37.5 Å². The topological polar surface area (TPSA) is 31.4 Å². The van der Waals surface area contributed by atoms with Crippen molar-refractivity contribution in [2.45, 2.75) is 45.7 Å². The third kappa shape index (κ3) is 2.28. The van der Waals surface area contributed by atoms with E-state index < -0.39 is 25.2 Å². The zero-order valence-electron chi connectivity index (χ0n) is 13.4. The molecule has 1 aromatic rings. The van der Waals surface area contributed by atoms with Crippen LogP contribution in [0.4, 0.5) is 0 Å². The van der Waals surface area contributed by atoms with Crippen molar-refractivity contribution in [2.24, 2.45) is 0 Å². The molecule has 2 rings (SSSR count). The van der Waals surface area contributed by atoms with Gasteiger partial charge in [0.2, 0.25) is 0 Å². The highest BCUT2D eigenvalue weighted by Gasteiger charge is 2.51. The van der Waals surface area contributed by atoms with Gasteiger partial charge in [-0.3, -0.25) is 4.98 Å². The van der Waals surface area contributed by atoms with Crippen LogP contribution in [0.3, 0.4) is 0 Å². The first kappa shape index (κ1) is 9.53. The molecule has 1 aromatic heterocycles. The lowest BCUT2D eigenvalue weighted by atomic mass is 9.80. The summed E-state index contributed by atoms with van der Waals surface area (Å²) in [5, 5.41) is 0. The smallest absolute Gasteiger partial charge is 0.399 e. The van der Waals surface area contributed by atoms with E-state index in [1.807, 2.05) is 27.7 Å². The van der Waals surface area contributed by atoms with E-state index in [-0.39, 0.29) is 5.69 Å². The van der Waals surface area contributed by atoms with Crippen LogP contribution >= 0.6 is 15.9 Å². The minimum Gasteiger partial charge on any atom is -0.399 e. The first-order valence-corrected chi connectivity index (χ1v) is 6.25. The molecule has 0 radical (unpaired) electrons. The fourth-order valence-electron chi connectivity index (χ4n) is 1.56. The molecule has 2 heterocycles. The molecule has 1 saturated heterocycles. The number of hydrogen-bond donors (Lipinski definition) is 0. The average molecular weight is 301 g/mol. The van der Waals surface area contributed by atoms with Crippen molar-refractivity contribution >= 4 is 28.5 Å². The third-order valence-corrected chi connectivity index (χ3v) is 3.99. The number of nitrogens with zero attached hydrogens (tertiary/aromatic N) is 1. The predicted octanol–water partition coefficient (Wildman–Crippen LogP) is 2.45. The van der Waals surface area contributed by atoms with Crippen LogP contribution in [0.15, 0.2) is 16.7 Å². The molecule has 0 aliphatic carbocycles. The third-order valence-electron chi connectivity index (χ3n) is 3.39. The minimum atomic E-state index is -2.24. The largest absolute Gasteiger partial charge is 0.496 e. The van der Waals surface area contributed by atoms with Crippen LogP contribution in [0.5, 0.6) is 0 Å². The number of aryl methyl sites for hydroxylation is 1. The molecule has 0 N–H and O–H groups in total. The van der Waals surface area contributed by atoms with Crippen LogP contribution in [0.2, 0.25) is 0 Å². The summed E-state index contributed by atoms with van der Waals surface area (Å²) < 4.78 is 34.4. The van der Waals surface area contributed by atoms with E-state index in [1.165, 1.54) is 6.20 Å². The maximum Gasteiger partial charge on any atom is 0.496 e. The summed E-state index contributed by atoms with van der Waals surface area (Å²) in [6.45, 7) is 5.62. The van der Waals surface area contributed by atoms with E-state index >= 15 is 0 Å². The molecule has 1 aliphatic heterocycles. The summed E-state index contributed by atoms with van der Waals surface area (Å²) in [6, 6.07) is 1.69. The molecule has 17 heavy (non-hydrogen) atoms.